The van der Waals surface area contributed by atoms with Crippen molar-refractivity contribution in [1.82, 2.24) is 0 Å². The van der Waals surface area contributed by atoms with Crippen molar-refractivity contribution in [2.45, 2.75) is 13.0 Å². The third kappa shape index (κ3) is 5.41. The van der Waals surface area contributed by atoms with Crippen LogP contribution in [0.4, 0.5) is 11.4 Å². The van der Waals surface area contributed by atoms with Crippen molar-refractivity contribution < 1.29 is 24.0 Å². The number of carbonyl (C=O) groups is 2. The first-order valence-corrected chi connectivity index (χ1v) is 9.01. The standard InChI is InChI=1S/C22H18N2O6/c1-15(29-22(26)16-7-11-18(12-8-16)24(27)28)21(25)23-17-9-13-20(14-10-17)30-19-5-3-2-4-6-19/h2-15H,1H3,(H,23,25)/t15-/m1/s1. The number of amides is 1. The molecule has 0 bridgehead atoms. The van der Waals surface area contributed by atoms with Gasteiger partial charge in [-0.25, -0.2) is 4.79 Å². The summed E-state index contributed by atoms with van der Waals surface area (Å²) in [7, 11) is 0. The summed E-state index contributed by atoms with van der Waals surface area (Å²) in [4.78, 5) is 34.5. The highest BCUT2D eigenvalue weighted by Gasteiger charge is 2.19. The Kier molecular flexibility index (Phi) is 6.39. The maximum Gasteiger partial charge on any atom is 0.338 e. The van der Waals surface area contributed by atoms with E-state index < -0.39 is 22.9 Å². The predicted octanol–water partition coefficient (Wildman–Crippen LogP) is 4.57. The zero-order valence-electron chi connectivity index (χ0n) is 16.0. The second kappa shape index (κ2) is 9.33. The lowest BCUT2D eigenvalue weighted by atomic mass is 10.2. The highest BCUT2D eigenvalue weighted by atomic mass is 16.6. The van der Waals surface area contributed by atoms with Gasteiger partial charge in [0.15, 0.2) is 6.10 Å². The van der Waals surface area contributed by atoms with Gasteiger partial charge in [0.25, 0.3) is 11.6 Å². The van der Waals surface area contributed by atoms with E-state index in [4.69, 9.17) is 9.47 Å². The fourth-order valence-electron chi connectivity index (χ4n) is 2.48. The molecule has 3 aromatic carbocycles. The topological polar surface area (TPSA) is 108 Å². The van der Waals surface area contributed by atoms with Crippen LogP contribution in [0.25, 0.3) is 0 Å². The first kappa shape index (κ1) is 20.5. The maximum absolute atomic E-state index is 12.3. The number of ether oxygens (including phenoxy) is 2. The molecule has 0 aliphatic heterocycles. The van der Waals surface area contributed by atoms with Crippen LogP contribution in [0.2, 0.25) is 0 Å². The second-order valence-electron chi connectivity index (χ2n) is 6.28. The molecule has 1 amide bonds. The molecule has 0 saturated carbocycles. The molecule has 1 atom stereocenters. The van der Waals surface area contributed by atoms with Crippen molar-refractivity contribution in [1.29, 1.82) is 0 Å². The van der Waals surface area contributed by atoms with Gasteiger partial charge in [-0.15, -0.1) is 0 Å². The molecule has 30 heavy (non-hydrogen) atoms. The number of hydrogen-bond donors (Lipinski definition) is 1. The Balaban J connectivity index is 1.54. The summed E-state index contributed by atoms with van der Waals surface area (Å²) in [5.74, 6) is 0.0408. The highest BCUT2D eigenvalue weighted by Crippen LogP contribution is 2.22. The van der Waals surface area contributed by atoms with Crippen LogP contribution in [0.5, 0.6) is 11.5 Å². The van der Waals surface area contributed by atoms with E-state index in [0.29, 0.717) is 17.2 Å². The SMILES string of the molecule is C[C@@H](OC(=O)c1ccc([N+](=O)[O-])cc1)C(=O)Nc1ccc(Oc2ccccc2)cc1. The molecule has 0 aliphatic carbocycles. The van der Waals surface area contributed by atoms with Crippen molar-refractivity contribution in [3.8, 4) is 11.5 Å². The molecular formula is C22H18N2O6. The van der Waals surface area contributed by atoms with E-state index in [1.165, 1.54) is 31.2 Å². The van der Waals surface area contributed by atoms with Crippen LogP contribution < -0.4 is 10.1 Å². The zero-order chi connectivity index (χ0) is 21.5. The van der Waals surface area contributed by atoms with E-state index in [2.05, 4.69) is 5.32 Å². The van der Waals surface area contributed by atoms with Gasteiger partial charge in [-0.05, 0) is 55.5 Å². The van der Waals surface area contributed by atoms with Crippen molar-refractivity contribution in [2.24, 2.45) is 0 Å². The lowest BCUT2D eigenvalue weighted by molar-refractivity contribution is -0.384. The monoisotopic (exact) mass is 406 g/mol. The number of carbonyl (C=O) groups excluding carboxylic acids is 2. The number of nitro groups is 1. The summed E-state index contributed by atoms with van der Waals surface area (Å²) in [5, 5.41) is 13.3. The van der Waals surface area contributed by atoms with Crippen molar-refractivity contribution in [2.75, 3.05) is 5.32 Å². The molecule has 8 nitrogen and oxygen atoms in total. The van der Waals surface area contributed by atoms with Gasteiger partial charge in [0.2, 0.25) is 0 Å². The van der Waals surface area contributed by atoms with Crippen molar-refractivity contribution >= 4 is 23.3 Å². The quantitative estimate of drug-likeness (QED) is 0.350. The Morgan fingerprint density at radius 3 is 2.10 bits per heavy atom. The summed E-state index contributed by atoms with van der Waals surface area (Å²) in [6.45, 7) is 1.44. The number of nitrogens with zero attached hydrogens (tertiary/aromatic N) is 1. The van der Waals surface area contributed by atoms with E-state index in [-0.39, 0.29) is 11.3 Å². The third-order valence-electron chi connectivity index (χ3n) is 4.07. The molecule has 1 N–H and O–H groups in total. The van der Waals surface area contributed by atoms with Gasteiger partial charge in [-0.2, -0.15) is 0 Å². The molecule has 3 aromatic rings. The molecule has 152 valence electrons. The first-order valence-electron chi connectivity index (χ1n) is 9.01. The molecule has 0 unspecified atom stereocenters. The van der Waals surface area contributed by atoms with Crippen molar-refractivity contribution in [3.05, 3.63) is 94.5 Å². The van der Waals surface area contributed by atoms with E-state index in [0.717, 1.165) is 0 Å². The third-order valence-corrected chi connectivity index (χ3v) is 4.07. The number of anilines is 1. The maximum atomic E-state index is 12.3. The molecule has 0 heterocycles. The van der Waals surface area contributed by atoms with E-state index in [1.54, 1.807) is 24.3 Å². The minimum absolute atomic E-state index is 0.114. The number of benzene rings is 3. The summed E-state index contributed by atoms with van der Waals surface area (Å²) < 4.78 is 10.8. The Morgan fingerprint density at radius 2 is 1.50 bits per heavy atom. The molecule has 0 aliphatic rings. The molecule has 0 fully saturated rings. The minimum atomic E-state index is -1.06. The largest absolute Gasteiger partial charge is 0.457 e. The van der Waals surface area contributed by atoms with Gasteiger partial charge in [0.1, 0.15) is 11.5 Å². The van der Waals surface area contributed by atoms with Gasteiger partial charge in [-0.3, -0.25) is 14.9 Å². The average molecular weight is 406 g/mol. The number of non-ortho nitro benzene ring substituents is 1. The Morgan fingerprint density at radius 1 is 0.900 bits per heavy atom. The summed E-state index contributed by atoms with van der Waals surface area (Å²) in [5.41, 5.74) is 0.485. The van der Waals surface area contributed by atoms with Gasteiger partial charge in [0.05, 0.1) is 10.5 Å². The number of hydrogen-bond acceptors (Lipinski definition) is 6. The van der Waals surface area contributed by atoms with Gasteiger partial charge in [-0.1, -0.05) is 18.2 Å². The smallest absolute Gasteiger partial charge is 0.338 e. The number of para-hydroxylation sites is 1. The van der Waals surface area contributed by atoms with Crippen LogP contribution in [-0.4, -0.2) is 22.9 Å². The zero-order valence-corrected chi connectivity index (χ0v) is 16.0. The highest BCUT2D eigenvalue weighted by molar-refractivity contribution is 5.97. The van der Waals surface area contributed by atoms with Crippen LogP contribution in [0, 0.1) is 10.1 Å². The normalized spacial score (nSPS) is 11.2. The number of rotatable bonds is 7. The molecule has 0 saturated heterocycles. The van der Waals surface area contributed by atoms with Crippen LogP contribution in [0.1, 0.15) is 17.3 Å². The van der Waals surface area contributed by atoms with Crippen LogP contribution in [0.15, 0.2) is 78.9 Å². The average Bonchev–Trinajstić information content (AvgIpc) is 2.75. The van der Waals surface area contributed by atoms with E-state index in [9.17, 15) is 19.7 Å². The fourth-order valence-corrected chi connectivity index (χ4v) is 2.48. The predicted molar refractivity (Wildman–Crippen MR) is 110 cm³/mol. The number of esters is 1. The van der Waals surface area contributed by atoms with Crippen LogP contribution in [-0.2, 0) is 9.53 Å². The Bertz CT molecular complexity index is 1030. The van der Waals surface area contributed by atoms with Crippen LogP contribution in [0.3, 0.4) is 0 Å². The molecule has 3 rings (SSSR count). The van der Waals surface area contributed by atoms with E-state index >= 15 is 0 Å². The lowest BCUT2D eigenvalue weighted by Gasteiger charge is -2.14. The fraction of sp³-hybridized carbons (Fsp3) is 0.0909. The second-order valence-corrected chi connectivity index (χ2v) is 6.28. The van der Waals surface area contributed by atoms with Gasteiger partial charge >= 0.3 is 5.97 Å². The minimum Gasteiger partial charge on any atom is -0.457 e. The lowest BCUT2D eigenvalue weighted by Crippen LogP contribution is -2.30. The van der Waals surface area contributed by atoms with E-state index in [1.807, 2.05) is 30.3 Å². The molecule has 8 heteroatoms. The summed E-state index contributed by atoms with van der Waals surface area (Å²) in [6.07, 6.45) is -1.06. The molecule has 0 radical (unpaired) electrons. The first-order chi connectivity index (χ1) is 14.4. The number of nitro benzene ring substituents is 1. The Labute approximate surface area is 172 Å². The summed E-state index contributed by atoms with van der Waals surface area (Å²) >= 11 is 0. The number of nitrogens with one attached hydrogen (secondary N) is 1. The Hall–Kier alpha value is -4.20. The summed E-state index contributed by atoms with van der Waals surface area (Å²) in [6, 6.07) is 21.0. The van der Waals surface area contributed by atoms with Crippen molar-refractivity contribution in [3.63, 3.8) is 0 Å². The molecular weight excluding hydrogens is 388 g/mol. The molecule has 0 aromatic heterocycles. The van der Waals surface area contributed by atoms with Gasteiger partial charge in [0, 0.05) is 17.8 Å². The van der Waals surface area contributed by atoms with Gasteiger partial charge < -0.3 is 14.8 Å². The molecule has 0 spiro atoms. The van der Waals surface area contributed by atoms with Crippen LogP contribution >= 0.6 is 0 Å².